The van der Waals surface area contributed by atoms with E-state index in [1.54, 1.807) is 18.2 Å². The average molecular weight is 288 g/mol. The van der Waals surface area contributed by atoms with Crippen molar-refractivity contribution in [1.82, 2.24) is 0 Å². The van der Waals surface area contributed by atoms with Crippen LogP contribution in [0.1, 0.15) is 31.6 Å². The van der Waals surface area contributed by atoms with Crippen molar-refractivity contribution in [3.63, 3.8) is 0 Å². The second-order valence-electron chi connectivity index (χ2n) is 3.94. The number of ether oxygens (including phenoxy) is 2. The summed E-state index contributed by atoms with van der Waals surface area (Å²) in [5, 5.41) is 0. The van der Waals surface area contributed by atoms with Gasteiger partial charge in [0.25, 0.3) is 0 Å². The van der Waals surface area contributed by atoms with Crippen LogP contribution in [-0.2, 0) is 19.1 Å². The Hall–Kier alpha value is -1.17. The maximum Gasteiger partial charge on any atom is 1.00 e. The fourth-order valence-electron chi connectivity index (χ4n) is 1.56. The third-order valence-corrected chi connectivity index (χ3v) is 2.55. The Kier molecular flexibility index (Phi) is 9.12. The molecule has 5 nitrogen and oxygen atoms in total. The molecule has 1 unspecified atom stereocenters. The van der Waals surface area contributed by atoms with Crippen LogP contribution >= 0.6 is 0 Å². The standard InChI is InChI=1S/C14H16O5.Na.H/c1-3-7-11(13(16)18-2)14(17)19-12(15)10-8-5-4-6-9-10;;/h4-6,8-9,11H,3,7H2,1-2H3;;/q;+1;-1. The van der Waals surface area contributed by atoms with Crippen molar-refractivity contribution in [1.29, 1.82) is 0 Å². The maximum absolute atomic E-state index is 11.8. The summed E-state index contributed by atoms with van der Waals surface area (Å²) in [6, 6.07) is 8.12. The zero-order valence-corrected chi connectivity index (χ0v) is 13.9. The number of carbonyl (C=O) groups excluding carboxylic acids is 3. The van der Waals surface area contributed by atoms with Gasteiger partial charge < -0.3 is 10.9 Å². The van der Waals surface area contributed by atoms with Crippen LogP contribution in [0.4, 0.5) is 0 Å². The van der Waals surface area contributed by atoms with E-state index >= 15 is 0 Å². The summed E-state index contributed by atoms with van der Waals surface area (Å²) in [6.07, 6.45) is 0.891. The molecule has 0 spiro atoms. The van der Waals surface area contributed by atoms with Crippen molar-refractivity contribution in [2.24, 2.45) is 5.92 Å². The van der Waals surface area contributed by atoms with E-state index in [9.17, 15) is 14.4 Å². The van der Waals surface area contributed by atoms with Crippen LogP contribution < -0.4 is 29.6 Å². The molecule has 0 aliphatic heterocycles. The Balaban J connectivity index is 0. The molecular formula is C14H17NaO5. The Morgan fingerprint density at radius 3 is 2.25 bits per heavy atom. The smallest absolute Gasteiger partial charge is 1.00 e. The average Bonchev–Trinajstić information content (AvgIpc) is 2.44. The molecule has 1 aromatic rings. The molecule has 0 aliphatic carbocycles. The zero-order valence-electron chi connectivity index (χ0n) is 12.9. The van der Waals surface area contributed by atoms with E-state index in [1.807, 2.05) is 6.92 Å². The van der Waals surface area contributed by atoms with Gasteiger partial charge in [-0.2, -0.15) is 0 Å². The van der Waals surface area contributed by atoms with Crippen LogP contribution in [0.2, 0.25) is 0 Å². The number of hydrogen-bond acceptors (Lipinski definition) is 5. The molecule has 0 N–H and O–H groups in total. The van der Waals surface area contributed by atoms with Crippen molar-refractivity contribution in [3.05, 3.63) is 35.9 Å². The molecule has 0 amide bonds. The summed E-state index contributed by atoms with van der Waals surface area (Å²) in [7, 11) is 1.19. The molecule has 1 rings (SSSR count). The van der Waals surface area contributed by atoms with Crippen LogP contribution in [0, 0.1) is 5.92 Å². The zero-order chi connectivity index (χ0) is 14.3. The number of esters is 3. The molecule has 0 saturated heterocycles. The van der Waals surface area contributed by atoms with E-state index in [0.717, 1.165) is 0 Å². The number of methoxy groups -OCH3 is 1. The predicted octanol–water partition coefficient (Wildman–Crippen LogP) is -0.924. The number of rotatable bonds is 5. The molecule has 1 atom stereocenters. The Labute approximate surface area is 141 Å². The molecular weight excluding hydrogens is 271 g/mol. The van der Waals surface area contributed by atoms with Gasteiger partial charge in [0.15, 0.2) is 5.92 Å². The molecule has 0 heterocycles. The first-order valence-corrected chi connectivity index (χ1v) is 5.99. The minimum Gasteiger partial charge on any atom is -1.00 e. The van der Waals surface area contributed by atoms with Crippen LogP contribution in [0.25, 0.3) is 0 Å². The first-order valence-electron chi connectivity index (χ1n) is 5.99. The third kappa shape index (κ3) is 5.45. The summed E-state index contributed by atoms with van der Waals surface area (Å²) in [5.41, 5.74) is 0.260. The molecule has 1 aromatic carbocycles. The van der Waals surface area contributed by atoms with Gasteiger partial charge in [-0.1, -0.05) is 31.5 Å². The third-order valence-electron chi connectivity index (χ3n) is 2.55. The number of benzene rings is 1. The topological polar surface area (TPSA) is 69.7 Å². The van der Waals surface area contributed by atoms with Crippen molar-refractivity contribution >= 4 is 17.9 Å². The molecule has 0 saturated carbocycles. The van der Waals surface area contributed by atoms with Gasteiger partial charge in [0.05, 0.1) is 12.7 Å². The van der Waals surface area contributed by atoms with Gasteiger partial charge in [0.1, 0.15) is 0 Å². The molecule has 0 aliphatic rings. The van der Waals surface area contributed by atoms with Crippen LogP contribution in [0.3, 0.4) is 0 Å². The first kappa shape index (κ1) is 18.8. The summed E-state index contributed by atoms with van der Waals surface area (Å²) in [4.78, 5) is 34.9. The monoisotopic (exact) mass is 288 g/mol. The molecule has 0 fully saturated rings. The second kappa shape index (κ2) is 9.69. The molecule has 104 valence electrons. The molecule has 0 bridgehead atoms. The minimum atomic E-state index is -1.05. The van der Waals surface area contributed by atoms with E-state index in [1.165, 1.54) is 19.2 Å². The van der Waals surface area contributed by atoms with Crippen molar-refractivity contribution < 1.29 is 54.8 Å². The van der Waals surface area contributed by atoms with Gasteiger partial charge in [0.2, 0.25) is 0 Å². The summed E-state index contributed by atoms with van der Waals surface area (Å²) in [6.45, 7) is 1.82. The summed E-state index contributed by atoms with van der Waals surface area (Å²) in [5.74, 6) is -3.38. The van der Waals surface area contributed by atoms with Gasteiger partial charge in [-0.15, -0.1) is 0 Å². The van der Waals surface area contributed by atoms with Crippen LogP contribution in [0.15, 0.2) is 30.3 Å². The van der Waals surface area contributed by atoms with Crippen LogP contribution in [0.5, 0.6) is 0 Å². The maximum atomic E-state index is 11.8. The van der Waals surface area contributed by atoms with Crippen molar-refractivity contribution in [2.45, 2.75) is 19.8 Å². The SMILES string of the molecule is CCCC(C(=O)OC)C(=O)OC(=O)c1ccccc1.[H-].[Na+]. The second-order valence-corrected chi connectivity index (χ2v) is 3.94. The largest absolute Gasteiger partial charge is 1.00 e. The number of carbonyl (C=O) groups is 3. The Morgan fingerprint density at radius 1 is 1.15 bits per heavy atom. The van der Waals surface area contributed by atoms with Gasteiger partial charge in [-0.05, 0) is 18.6 Å². The summed E-state index contributed by atoms with van der Waals surface area (Å²) < 4.78 is 9.22. The van der Waals surface area contributed by atoms with Crippen molar-refractivity contribution in [3.8, 4) is 0 Å². The predicted molar refractivity (Wildman–Crippen MR) is 68.4 cm³/mol. The summed E-state index contributed by atoms with van der Waals surface area (Å²) >= 11 is 0. The van der Waals surface area contributed by atoms with Gasteiger partial charge in [-0.25, -0.2) is 4.79 Å². The molecule has 0 radical (unpaired) electrons. The van der Waals surface area contributed by atoms with E-state index in [2.05, 4.69) is 4.74 Å². The Bertz CT molecular complexity index is 464. The fourth-order valence-corrected chi connectivity index (χ4v) is 1.56. The van der Waals surface area contributed by atoms with Crippen molar-refractivity contribution in [2.75, 3.05) is 7.11 Å². The van der Waals surface area contributed by atoms with E-state index in [0.29, 0.717) is 6.42 Å². The Morgan fingerprint density at radius 2 is 1.75 bits per heavy atom. The molecule has 6 heteroatoms. The molecule has 20 heavy (non-hydrogen) atoms. The fraction of sp³-hybridized carbons (Fsp3) is 0.357. The van der Waals surface area contributed by atoms with E-state index in [4.69, 9.17) is 4.74 Å². The van der Waals surface area contributed by atoms with Crippen LogP contribution in [-0.4, -0.2) is 25.0 Å². The number of hydrogen-bond donors (Lipinski definition) is 0. The van der Waals surface area contributed by atoms with E-state index < -0.39 is 23.8 Å². The first-order chi connectivity index (χ1) is 9.10. The molecule has 0 aromatic heterocycles. The van der Waals surface area contributed by atoms with Gasteiger partial charge in [-0.3, -0.25) is 9.59 Å². The van der Waals surface area contributed by atoms with Gasteiger partial charge in [0, 0.05) is 0 Å². The van der Waals surface area contributed by atoms with E-state index in [-0.39, 0.29) is 43.0 Å². The quantitative estimate of drug-likeness (QED) is 0.398. The minimum absolute atomic E-state index is 0. The van der Waals surface area contributed by atoms with Gasteiger partial charge >= 0.3 is 47.5 Å². The normalized spacial score (nSPS) is 10.9.